The van der Waals surface area contributed by atoms with Crippen molar-refractivity contribution in [1.29, 1.82) is 0 Å². The SMILES string of the molecule is Cc1ccc(CC(C(=O)N2CCC(N(C)C)CC2)[C@H]2CC(N3CCc4ccccc4NC3=O)CCN2C(=O)O)cc1Br. The number of hydrogen-bond acceptors (Lipinski definition) is 4. The van der Waals surface area contributed by atoms with Gasteiger partial charge in [0.15, 0.2) is 0 Å². The van der Waals surface area contributed by atoms with Gasteiger partial charge in [0.05, 0.1) is 5.92 Å². The van der Waals surface area contributed by atoms with Gasteiger partial charge in [0.1, 0.15) is 0 Å². The largest absolute Gasteiger partial charge is 0.465 e. The highest BCUT2D eigenvalue weighted by molar-refractivity contribution is 9.10. The quantitative estimate of drug-likeness (QED) is 0.460. The maximum absolute atomic E-state index is 14.3. The smallest absolute Gasteiger partial charge is 0.407 e. The minimum atomic E-state index is -1.01. The number of nitrogens with zero attached hydrogens (tertiary/aromatic N) is 4. The van der Waals surface area contributed by atoms with Crippen LogP contribution in [0.2, 0.25) is 0 Å². The molecule has 3 aliphatic rings. The Morgan fingerprint density at radius 3 is 2.50 bits per heavy atom. The first-order valence-corrected chi connectivity index (χ1v) is 15.8. The normalized spacial score (nSPS) is 22.4. The van der Waals surface area contributed by atoms with Crippen molar-refractivity contribution in [2.24, 2.45) is 5.92 Å². The van der Waals surface area contributed by atoms with Gasteiger partial charge in [-0.05, 0) is 88.4 Å². The minimum absolute atomic E-state index is 0.00790. The van der Waals surface area contributed by atoms with Crippen molar-refractivity contribution in [2.75, 3.05) is 45.6 Å². The molecule has 3 aliphatic heterocycles. The van der Waals surface area contributed by atoms with Gasteiger partial charge in [-0.25, -0.2) is 9.59 Å². The van der Waals surface area contributed by atoms with Crippen LogP contribution in [0.1, 0.15) is 42.4 Å². The van der Waals surface area contributed by atoms with Gasteiger partial charge < -0.3 is 30.0 Å². The highest BCUT2D eigenvalue weighted by Gasteiger charge is 2.44. The molecule has 4 amide bonds. The van der Waals surface area contributed by atoms with Crippen molar-refractivity contribution in [3.8, 4) is 0 Å². The van der Waals surface area contributed by atoms with Crippen LogP contribution in [0.3, 0.4) is 0 Å². The van der Waals surface area contributed by atoms with Crippen LogP contribution in [-0.2, 0) is 17.6 Å². The number of hydrogen-bond donors (Lipinski definition) is 2. The number of benzene rings is 2. The predicted octanol–water partition coefficient (Wildman–Crippen LogP) is 5.07. The van der Waals surface area contributed by atoms with Crippen molar-refractivity contribution in [1.82, 2.24) is 19.6 Å². The summed E-state index contributed by atoms with van der Waals surface area (Å²) in [6, 6.07) is 13.5. The van der Waals surface area contributed by atoms with E-state index in [-0.39, 0.29) is 24.5 Å². The standard InChI is InChI=1S/C32H42BrN5O4/c1-21-8-9-22(19-27(21)33)18-26(30(39)36-14-11-24(12-15-36)35(2)3)29-20-25(13-17-38(29)32(41)42)37-16-10-23-6-4-5-7-28(23)34-31(37)40/h4-9,19,24-26,29H,10-18,20H2,1-3H3,(H,34,40)(H,41,42)/t25?,26?,29-/m1/s1. The van der Waals surface area contributed by atoms with Crippen LogP contribution in [0.15, 0.2) is 46.9 Å². The second-order valence-corrected chi connectivity index (χ2v) is 13.0. The number of aryl methyl sites for hydroxylation is 1. The molecular formula is C32H42BrN5O4. The number of carbonyl (C=O) groups is 3. The van der Waals surface area contributed by atoms with Crippen LogP contribution in [0.5, 0.6) is 0 Å². The van der Waals surface area contributed by atoms with E-state index < -0.39 is 18.1 Å². The predicted molar refractivity (Wildman–Crippen MR) is 167 cm³/mol. The van der Waals surface area contributed by atoms with E-state index >= 15 is 0 Å². The van der Waals surface area contributed by atoms with Crippen LogP contribution in [0.4, 0.5) is 15.3 Å². The third kappa shape index (κ3) is 6.59. The Morgan fingerprint density at radius 2 is 1.81 bits per heavy atom. The molecule has 3 atom stereocenters. The number of para-hydroxylation sites is 1. The first-order valence-electron chi connectivity index (χ1n) is 15.0. The molecule has 226 valence electrons. The molecule has 3 heterocycles. The van der Waals surface area contributed by atoms with Crippen LogP contribution < -0.4 is 5.32 Å². The van der Waals surface area contributed by atoms with Crippen molar-refractivity contribution in [3.05, 3.63) is 63.6 Å². The van der Waals surface area contributed by atoms with Gasteiger partial charge in [0, 0.05) is 54.5 Å². The molecule has 2 aromatic carbocycles. The molecule has 2 fully saturated rings. The lowest BCUT2D eigenvalue weighted by Gasteiger charge is -2.46. The van der Waals surface area contributed by atoms with E-state index in [0.29, 0.717) is 44.9 Å². The van der Waals surface area contributed by atoms with E-state index in [9.17, 15) is 19.5 Å². The Hall–Kier alpha value is -3.11. The maximum Gasteiger partial charge on any atom is 0.407 e. The number of rotatable bonds is 6. The molecule has 0 saturated carbocycles. The summed E-state index contributed by atoms with van der Waals surface area (Å²) in [7, 11) is 4.15. The van der Waals surface area contributed by atoms with Gasteiger partial charge in [0.2, 0.25) is 5.91 Å². The molecule has 2 unspecified atom stereocenters. The number of piperidine rings is 2. The summed E-state index contributed by atoms with van der Waals surface area (Å²) in [6.07, 6.45) is 2.90. The third-order valence-electron chi connectivity index (χ3n) is 9.43. The number of nitrogens with one attached hydrogen (secondary N) is 1. The number of amides is 4. The fraction of sp³-hybridized carbons (Fsp3) is 0.531. The number of carboxylic acid groups (broad SMARTS) is 1. The lowest BCUT2D eigenvalue weighted by atomic mass is 9.82. The van der Waals surface area contributed by atoms with Gasteiger partial charge in [0.25, 0.3) is 0 Å². The molecule has 0 aliphatic carbocycles. The van der Waals surface area contributed by atoms with E-state index in [0.717, 1.165) is 46.1 Å². The summed E-state index contributed by atoms with van der Waals surface area (Å²) in [4.78, 5) is 47.8. The molecule has 0 bridgehead atoms. The number of anilines is 1. The third-order valence-corrected chi connectivity index (χ3v) is 10.3. The molecule has 9 nitrogen and oxygen atoms in total. The summed E-state index contributed by atoms with van der Waals surface area (Å²) in [6.45, 7) is 4.17. The molecule has 5 rings (SSSR count). The number of fused-ring (bicyclic) bond motifs is 1. The lowest BCUT2D eigenvalue weighted by Crippen LogP contribution is -2.59. The van der Waals surface area contributed by atoms with Crippen molar-refractivity contribution in [3.63, 3.8) is 0 Å². The van der Waals surface area contributed by atoms with Crippen molar-refractivity contribution < 1.29 is 19.5 Å². The van der Waals surface area contributed by atoms with E-state index in [4.69, 9.17) is 0 Å². The molecule has 42 heavy (non-hydrogen) atoms. The zero-order valence-corrected chi connectivity index (χ0v) is 26.3. The second kappa shape index (κ2) is 13.0. The molecule has 2 N–H and O–H groups in total. The molecule has 10 heteroatoms. The van der Waals surface area contributed by atoms with E-state index in [1.807, 2.05) is 59.2 Å². The molecule has 0 radical (unpaired) electrons. The van der Waals surface area contributed by atoms with Gasteiger partial charge in [-0.3, -0.25) is 4.79 Å². The highest BCUT2D eigenvalue weighted by Crippen LogP contribution is 2.33. The number of halogens is 1. The van der Waals surface area contributed by atoms with Gasteiger partial charge in [-0.15, -0.1) is 0 Å². The Bertz CT molecular complexity index is 1310. The minimum Gasteiger partial charge on any atom is -0.465 e. The van der Waals surface area contributed by atoms with Gasteiger partial charge in [-0.2, -0.15) is 0 Å². The Labute approximate surface area is 257 Å². The second-order valence-electron chi connectivity index (χ2n) is 12.2. The molecule has 0 aromatic heterocycles. The van der Waals surface area contributed by atoms with E-state index in [1.54, 1.807) is 0 Å². The van der Waals surface area contributed by atoms with Crippen LogP contribution in [-0.4, -0.2) is 101 Å². The number of carbonyl (C=O) groups excluding carboxylic acids is 2. The molecule has 2 aromatic rings. The zero-order chi connectivity index (χ0) is 30.0. The average molecular weight is 641 g/mol. The summed E-state index contributed by atoms with van der Waals surface area (Å²) in [5.74, 6) is -0.546. The number of likely N-dealkylation sites (tertiary alicyclic amines) is 2. The summed E-state index contributed by atoms with van der Waals surface area (Å²) >= 11 is 3.63. The van der Waals surface area contributed by atoms with Crippen LogP contribution in [0.25, 0.3) is 0 Å². The van der Waals surface area contributed by atoms with Crippen molar-refractivity contribution in [2.45, 2.75) is 63.6 Å². The van der Waals surface area contributed by atoms with Crippen molar-refractivity contribution >= 4 is 39.6 Å². The topological polar surface area (TPSA) is 96.4 Å². The maximum atomic E-state index is 14.3. The summed E-state index contributed by atoms with van der Waals surface area (Å²) in [5.41, 5.74) is 4.01. The lowest BCUT2D eigenvalue weighted by molar-refractivity contribution is -0.140. The molecular weight excluding hydrogens is 598 g/mol. The Kier molecular flexibility index (Phi) is 9.42. The summed E-state index contributed by atoms with van der Waals surface area (Å²) in [5, 5.41) is 13.4. The van der Waals surface area contributed by atoms with E-state index in [2.05, 4.69) is 40.2 Å². The first-order chi connectivity index (χ1) is 20.1. The molecule has 0 spiro atoms. The number of urea groups is 1. The Morgan fingerprint density at radius 1 is 1.07 bits per heavy atom. The first kappa shape index (κ1) is 30.4. The summed E-state index contributed by atoms with van der Waals surface area (Å²) < 4.78 is 0.968. The monoisotopic (exact) mass is 639 g/mol. The zero-order valence-electron chi connectivity index (χ0n) is 24.8. The molecule has 2 saturated heterocycles. The fourth-order valence-corrected chi connectivity index (χ4v) is 7.29. The Balaban J connectivity index is 1.43. The highest BCUT2D eigenvalue weighted by atomic mass is 79.9. The average Bonchev–Trinajstić information content (AvgIpc) is 3.15. The van der Waals surface area contributed by atoms with Gasteiger partial charge in [-0.1, -0.05) is 46.3 Å². The van der Waals surface area contributed by atoms with Crippen LogP contribution >= 0.6 is 15.9 Å². The van der Waals surface area contributed by atoms with Gasteiger partial charge >= 0.3 is 12.1 Å². The van der Waals surface area contributed by atoms with E-state index in [1.165, 1.54) is 4.90 Å². The van der Waals surface area contributed by atoms with Crippen LogP contribution in [0, 0.1) is 12.8 Å². The fourth-order valence-electron chi connectivity index (χ4n) is 6.86.